The summed E-state index contributed by atoms with van der Waals surface area (Å²) in [6.07, 6.45) is 3.71. The molecule has 6 heteroatoms. The molecule has 24 heavy (non-hydrogen) atoms. The van der Waals surface area contributed by atoms with Crippen LogP contribution in [0, 0.1) is 0 Å². The summed E-state index contributed by atoms with van der Waals surface area (Å²) in [5.74, 6) is 2.84. The van der Waals surface area contributed by atoms with Gasteiger partial charge in [-0.1, -0.05) is 25.1 Å². The van der Waals surface area contributed by atoms with Crippen molar-refractivity contribution in [3.63, 3.8) is 0 Å². The molecular weight excluding hydrogens is 322 g/mol. The van der Waals surface area contributed by atoms with Crippen molar-refractivity contribution in [2.24, 2.45) is 0 Å². The fourth-order valence-electron chi connectivity index (χ4n) is 2.35. The third-order valence-corrected chi connectivity index (χ3v) is 4.76. The molecule has 0 bridgehead atoms. The van der Waals surface area contributed by atoms with Crippen molar-refractivity contribution in [2.45, 2.75) is 51.2 Å². The van der Waals surface area contributed by atoms with Gasteiger partial charge in [0.2, 0.25) is 0 Å². The topological polar surface area (TPSA) is 57.0 Å². The number of benzene rings is 1. The Morgan fingerprint density at radius 3 is 2.58 bits per heavy atom. The van der Waals surface area contributed by atoms with Crippen LogP contribution in [-0.2, 0) is 11.3 Å². The van der Waals surface area contributed by atoms with Gasteiger partial charge in [0.1, 0.15) is 11.5 Å². The van der Waals surface area contributed by atoms with Gasteiger partial charge in [0.25, 0.3) is 0 Å². The zero-order valence-electron chi connectivity index (χ0n) is 14.6. The zero-order valence-corrected chi connectivity index (χ0v) is 15.4. The quantitative estimate of drug-likeness (QED) is 0.476. The number of ether oxygens (including phenoxy) is 1. The van der Waals surface area contributed by atoms with E-state index in [2.05, 4.69) is 21.7 Å². The van der Waals surface area contributed by atoms with Crippen LogP contribution < -0.4 is 4.74 Å². The van der Waals surface area contributed by atoms with E-state index in [1.807, 2.05) is 24.3 Å². The third kappa shape index (κ3) is 5.09. The lowest BCUT2D eigenvalue weighted by atomic mass is 10.2. The Morgan fingerprint density at radius 2 is 1.96 bits per heavy atom. The van der Waals surface area contributed by atoms with Crippen LogP contribution in [0.2, 0.25) is 0 Å². The molecule has 0 N–H and O–H groups in total. The summed E-state index contributed by atoms with van der Waals surface area (Å²) in [6.45, 7) is 4.72. The standard InChI is InChI=1S/C18H25N3O2S/c1-4-5-12-21-17(15-8-10-16(23-3)11-9-15)19-20-18(21)24-13-6-7-14(2)22/h8-11H,4-7,12-13H2,1-3H3. The molecule has 0 saturated carbocycles. The van der Waals surface area contributed by atoms with E-state index in [9.17, 15) is 4.79 Å². The number of Topliss-reactive ketones (excluding diaryl/α,β-unsaturated/α-hetero) is 1. The average molecular weight is 347 g/mol. The van der Waals surface area contributed by atoms with Crippen molar-refractivity contribution in [1.29, 1.82) is 0 Å². The lowest BCUT2D eigenvalue weighted by Gasteiger charge is -2.10. The molecular formula is C18H25N3O2S. The minimum absolute atomic E-state index is 0.238. The predicted molar refractivity (Wildman–Crippen MR) is 97.6 cm³/mol. The third-order valence-electron chi connectivity index (χ3n) is 3.70. The van der Waals surface area contributed by atoms with E-state index in [-0.39, 0.29) is 5.78 Å². The second-order valence-electron chi connectivity index (χ2n) is 5.69. The van der Waals surface area contributed by atoms with Gasteiger partial charge >= 0.3 is 0 Å². The highest BCUT2D eigenvalue weighted by atomic mass is 32.2. The van der Waals surface area contributed by atoms with Crippen LogP contribution in [0.25, 0.3) is 11.4 Å². The molecule has 0 fully saturated rings. The molecule has 0 unspecified atom stereocenters. The minimum Gasteiger partial charge on any atom is -0.497 e. The van der Waals surface area contributed by atoms with Crippen LogP contribution in [0.3, 0.4) is 0 Å². The highest BCUT2D eigenvalue weighted by Gasteiger charge is 2.14. The van der Waals surface area contributed by atoms with Crippen molar-refractivity contribution in [1.82, 2.24) is 14.8 Å². The van der Waals surface area contributed by atoms with Crippen molar-refractivity contribution in [2.75, 3.05) is 12.9 Å². The molecule has 0 atom stereocenters. The summed E-state index contributed by atoms with van der Waals surface area (Å²) in [6, 6.07) is 7.90. The first kappa shape index (κ1) is 18.5. The van der Waals surface area contributed by atoms with E-state index in [1.54, 1.807) is 25.8 Å². The van der Waals surface area contributed by atoms with Gasteiger partial charge in [-0.25, -0.2) is 0 Å². The Labute approximate surface area is 147 Å². The number of nitrogens with zero attached hydrogens (tertiary/aromatic N) is 3. The van der Waals surface area contributed by atoms with Gasteiger partial charge in [-0.05, 0) is 44.0 Å². The molecule has 1 aromatic carbocycles. The number of rotatable bonds is 10. The van der Waals surface area contributed by atoms with Crippen molar-refractivity contribution >= 4 is 17.5 Å². The van der Waals surface area contributed by atoms with E-state index >= 15 is 0 Å². The highest BCUT2D eigenvalue weighted by Crippen LogP contribution is 2.26. The molecule has 0 aliphatic heterocycles. The fraction of sp³-hybridized carbons (Fsp3) is 0.500. The highest BCUT2D eigenvalue weighted by molar-refractivity contribution is 7.99. The molecule has 0 aliphatic carbocycles. The van der Waals surface area contributed by atoms with Gasteiger partial charge < -0.3 is 14.1 Å². The molecule has 0 saturated heterocycles. The Kier molecular flexibility index (Phi) is 7.31. The van der Waals surface area contributed by atoms with E-state index < -0.39 is 0 Å². The summed E-state index contributed by atoms with van der Waals surface area (Å²) in [7, 11) is 1.66. The van der Waals surface area contributed by atoms with Gasteiger partial charge in [0, 0.05) is 24.3 Å². The Morgan fingerprint density at radius 1 is 1.21 bits per heavy atom. The van der Waals surface area contributed by atoms with Crippen molar-refractivity contribution in [3.8, 4) is 17.1 Å². The number of methoxy groups -OCH3 is 1. The number of thioether (sulfide) groups is 1. The molecule has 2 aromatic rings. The molecule has 0 radical (unpaired) electrons. The molecule has 0 aliphatic rings. The summed E-state index contributed by atoms with van der Waals surface area (Å²) in [5.41, 5.74) is 1.04. The number of carbonyl (C=O) groups is 1. The van der Waals surface area contributed by atoms with Gasteiger partial charge in [0.15, 0.2) is 11.0 Å². The van der Waals surface area contributed by atoms with Crippen LogP contribution >= 0.6 is 11.8 Å². The number of carbonyl (C=O) groups excluding carboxylic acids is 1. The molecule has 5 nitrogen and oxygen atoms in total. The van der Waals surface area contributed by atoms with Crippen LogP contribution in [0.15, 0.2) is 29.4 Å². The molecule has 1 aromatic heterocycles. The number of hydrogen-bond acceptors (Lipinski definition) is 5. The second kappa shape index (κ2) is 9.47. The lowest BCUT2D eigenvalue weighted by molar-refractivity contribution is -0.117. The molecule has 2 rings (SSSR count). The number of aromatic nitrogens is 3. The van der Waals surface area contributed by atoms with Gasteiger partial charge in [0.05, 0.1) is 7.11 Å². The largest absolute Gasteiger partial charge is 0.497 e. The Bertz CT molecular complexity index is 653. The first-order valence-corrected chi connectivity index (χ1v) is 9.34. The van der Waals surface area contributed by atoms with Crippen LogP contribution in [0.4, 0.5) is 0 Å². The Balaban J connectivity index is 2.15. The Hall–Kier alpha value is -1.82. The lowest BCUT2D eigenvalue weighted by Crippen LogP contribution is -2.03. The van der Waals surface area contributed by atoms with Crippen LogP contribution in [-0.4, -0.2) is 33.4 Å². The van der Waals surface area contributed by atoms with Crippen LogP contribution in [0.1, 0.15) is 39.5 Å². The van der Waals surface area contributed by atoms with Gasteiger partial charge in [-0.15, -0.1) is 10.2 Å². The molecule has 130 valence electrons. The maximum absolute atomic E-state index is 11.1. The fourth-order valence-corrected chi connectivity index (χ4v) is 3.25. The smallest absolute Gasteiger partial charge is 0.191 e. The van der Waals surface area contributed by atoms with E-state index in [0.29, 0.717) is 6.42 Å². The van der Waals surface area contributed by atoms with Crippen molar-refractivity contribution in [3.05, 3.63) is 24.3 Å². The second-order valence-corrected chi connectivity index (χ2v) is 6.76. The maximum atomic E-state index is 11.1. The SMILES string of the molecule is CCCCn1c(SCCCC(C)=O)nnc1-c1ccc(OC)cc1. The maximum Gasteiger partial charge on any atom is 0.191 e. The van der Waals surface area contributed by atoms with Crippen LogP contribution in [0.5, 0.6) is 5.75 Å². The minimum atomic E-state index is 0.238. The summed E-state index contributed by atoms with van der Waals surface area (Å²) >= 11 is 1.68. The summed E-state index contributed by atoms with van der Waals surface area (Å²) < 4.78 is 7.40. The number of hydrogen-bond donors (Lipinski definition) is 0. The zero-order chi connectivity index (χ0) is 17.4. The summed E-state index contributed by atoms with van der Waals surface area (Å²) in [5, 5.41) is 9.69. The van der Waals surface area contributed by atoms with E-state index in [4.69, 9.17) is 4.74 Å². The molecule has 1 heterocycles. The van der Waals surface area contributed by atoms with E-state index in [0.717, 1.165) is 53.9 Å². The first-order valence-electron chi connectivity index (χ1n) is 8.35. The van der Waals surface area contributed by atoms with E-state index in [1.165, 1.54) is 0 Å². The number of unbranched alkanes of at least 4 members (excludes halogenated alkanes) is 1. The monoisotopic (exact) mass is 347 g/mol. The predicted octanol–water partition coefficient (Wildman–Crippen LogP) is 4.22. The first-order chi connectivity index (χ1) is 11.7. The van der Waals surface area contributed by atoms with Crippen molar-refractivity contribution < 1.29 is 9.53 Å². The van der Waals surface area contributed by atoms with Gasteiger partial charge in [-0.2, -0.15) is 0 Å². The molecule has 0 spiro atoms. The number of ketones is 1. The normalized spacial score (nSPS) is 10.8. The summed E-state index contributed by atoms with van der Waals surface area (Å²) in [4.78, 5) is 11.1. The molecule has 0 amide bonds. The van der Waals surface area contributed by atoms with Gasteiger partial charge in [-0.3, -0.25) is 0 Å². The average Bonchev–Trinajstić information content (AvgIpc) is 2.99.